The number of aryl methyl sites for hydroxylation is 1. The van der Waals surface area contributed by atoms with E-state index < -0.39 is 11.7 Å². The molecule has 0 atom stereocenters. The monoisotopic (exact) mass is 276 g/mol. The quantitative estimate of drug-likeness (QED) is 0.834. The third-order valence-corrected chi connectivity index (χ3v) is 2.53. The fourth-order valence-electron chi connectivity index (χ4n) is 1.54. The van der Waals surface area contributed by atoms with Gasteiger partial charge in [-0.25, -0.2) is 9.37 Å². The first kappa shape index (κ1) is 13.7. The number of nitrogens with one attached hydrogen (secondary N) is 1. The van der Waals surface area contributed by atoms with Gasteiger partial charge in [0.05, 0.1) is 12.8 Å². The number of aromatic nitrogens is 2. The van der Waals surface area contributed by atoms with Crippen molar-refractivity contribution in [2.45, 2.75) is 6.92 Å². The first-order chi connectivity index (χ1) is 9.49. The number of ether oxygens (including phenoxy) is 1. The van der Waals surface area contributed by atoms with E-state index in [9.17, 15) is 9.18 Å². The Morgan fingerprint density at radius 1 is 1.35 bits per heavy atom. The first-order valence-corrected chi connectivity index (χ1v) is 5.75. The number of nitrogen functional groups attached to an aromatic ring is 1. The number of nitrogens with two attached hydrogens (primary N) is 1. The molecular weight excluding hydrogens is 263 g/mol. The molecule has 0 fully saturated rings. The van der Waals surface area contributed by atoms with Crippen LogP contribution in [0.3, 0.4) is 0 Å². The van der Waals surface area contributed by atoms with Crippen molar-refractivity contribution in [1.82, 2.24) is 9.97 Å². The summed E-state index contributed by atoms with van der Waals surface area (Å²) in [7, 11) is 1.46. The van der Waals surface area contributed by atoms with Crippen LogP contribution in [-0.2, 0) is 0 Å². The van der Waals surface area contributed by atoms with Crippen molar-refractivity contribution < 1.29 is 13.9 Å². The van der Waals surface area contributed by atoms with Gasteiger partial charge < -0.3 is 10.5 Å². The highest BCUT2D eigenvalue weighted by atomic mass is 19.1. The van der Waals surface area contributed by atoms with E-state index in [1.165, 1.54) is 19.2 Å². The van der Waals surface area contributed by atoms with E-state index >= 15 is 0 Å². The molecule has 2 aromatic rings. The van der Waals surface area contributed by atoms with Gasteiger partial charge in [0.15, 0.2) is 0 Å². The maximum atomic E-state index is 13.3. The molecule has 6 nitrogen and oxygen atoms in total. The van der Waals surface area contributed by atoms with Crippen LogP contribution in [0.25, 0.3) is 0 Å². The maximum Gasteiger partial charge on any atom is 0.258 e. The van der Waals surface area contributed by atoms with Crippen molar-refractivity contribution in [3.8, 4) is 5.88 Å². The van der Waals surface area contributed by atoms with Crippen molar-refractivity contribution in [3.63, 3.8) is 0 Å². The summed E-state index contributed by atoms with van der Waals surface area (Å²) in [6, 6.07) is 5.42. The summed E-state index contributed by atoms with van der Waals surface area (Å²) in [6.45, 7) is 1.74. The molecule has 1 heterocycles. The molecule has 3 N–H and O–H groups in total. The maximum absolute atomic E-state index is 13.3. The van der Waals surface area contributed by atoms with Crippen molar-refractivity contribution in [1.29, 1.82) is 0 Å². The van der Waals surface area contributed by atoms with Gasteiger partial charge in [-0.3, -0.25) is 10.1 Å². The van der Waals surface area contributed by atoms with Crippen molar-refractivity contribution in [2.75, 3.05) is 18.2 Å². The van der Waals surface area contributed by atoms with E-state index in [2.05, 4.69) is 15.3 Å². The molecule has 0 unspecified atom stereocenters. The third kappa shape index (κ3) is 3.00. The van der Waals surface area contributed by atoms with Crippen LogP contribution in [0.5, 0.6) is 5.88 Å². The smallest absolute Gasteiger partial charge is 0.258 e. The van der Waals surface area contributed by atoms with Gasteiger partial charge in [0.2, 0.25) is 11.8 Å². The Morgan fingerprint density at radius 2 is 2.10 bits per heavy atom. The molecule has 2 rings (SSSR count). The Bertz CT molecular complexity index is 661. The Morgan fingerprint density at radius 3 is 2.75 bits per heavy atom. The van der Waals surface area contributed by atoms with E-state index in [0.717, 1.165) is 6.07 Å². The number of carbonyl (C=O) groups is 1. The highest BCUT2D eigenvalue weighted by Crippen LogP contribution is 2.15. The molecular formula is C13H13FN4O2. The van der Waals surface area contributed by atoms with Crippen molar-refractivity contribution in [3.05, 3.63) is 41.3 Å². The molecule has 0 bridgehead atoms. The second-order valence-electron chi connectivity index (χ2n) is 4.07. The van der Waals surface area contributed by atoms with Gasteiger partial charge in [-0.1, -0.05) is 0 Å². The number of nitrogens with zero attached hydrogens (tertiary/aromatic N) is 2. The minimum Gasteiger partial charge on any atom is -0.481 e. The molecule has 1 aromatic carbocycles. The summed E-state index contributed by atoms with van der Waals surface area (Å²) >= 11 is 0. The molecule has 0 aliphatic carbocycles. The summed E-state index contributed by atoms with van der Waals surface area (Å²) < 4.78 is 18.3. The molecule has 20 heavy (non-hydrogen) atoms. The number of benzene rings is 1. The van der Waals surface area contributed by atoms with E-state index in [0.29, 0.717) is 11.6 Å². The van der Waals surface area contributed by atoms with Crippen LogP contribution >= 0.6 is 0 Å². The fourth-order valence-corrected chi connectivity index (χ4v) is 1.54. The lowest BCUT2D eigenvalue weighted by molar-refractivity contribution is 0.102. The molecule has 104 valence electrons. The summed E-state index contributed by atoms with van der Waals surface area (Å²) in [5.74, 6) is -0.766. The zero-order valence-corrected chi connectivity index (χ0v) is 11.0. The highest BCUT2D eigenvalue weighted by molar-refractivity contribution is 6.03. The van der Waals surface area contributed by atoms with Gasteiger partial charge in [0, 0.05) is 17.3 Å². The summed E-state index contributed by atoms with van der Waals surface area (Å²) in [5.41, 5.74) is 6.09. The standard InChI is InChI=1S/C13H13FN4O2/c1-7-5-11(20-2)17-13(16-7)18-12(19)8-3-4-10(15)9(14)6-8/h3-6H,15H2,1-2H3,(H,16,17,18,19). The zero-order chi connectivity index (χ0) is 14.7. The largest absolute Gasteiger partial charge is 0.481 e. The summed E-state index contributed by atoms with van der Waals surface area (Å²) in [5, 5.41) is 2.47. The Kier molecular flexibility index (Phi) is 3.79. The van der Waals surface area contributed by atoms with E-state index in [1.807, 2.05) is 0 Å². The number of anilines is 2. The molecule has 0 aliphatic rings. The molecule has 7 heteroatoms. The van der Waals surface area contributed by atoms with Crippen LogP contribution in [-0.4, -0.2) is 23.0 Å². The van der Waals surface area contributed by atoms with Gasteiger partial charge >= 0.3 is 0 Å². The summed E-state index contributed by atoms with van der Waals surface area (Å²) in [6.07, 6.45) is 0. The number of halogens is 1. The fraction of sp³-hybridized carbons (Fsp3) is 0.154. The number of rotatable bonds is 3. The number of hydrogen-bond donors (Lipinski definition) is 2. The van der Waals surface area contributed by atoms with Crippen LogP contribution in [0.1, 0.15) is 16.1 Å². The number of hydrogen-bond acceptors (Lipinski definition) is 5. The molecule has 0 aliphatic heterocycles. The Hall–Kier alpha value is -2.70. The third-order valence-electron chi connectivity index (χ3n) is 2.53. The van der Waals surface area contributed by atoms with Crippen LogP contribution in [0, 0.1) is 12.7 Å². The van der Waals surface area contributed by atoms with Gasteiger partial charge in [-0.05, 0) is 25.1 Å². The summed E-state index contributed by atoms with van der Waals surface area (Å²) in [4.78, 5) is 20.0. The number of amides is 1. The van der Waals surface area contributed by atoms with E-state index in [1.54, 1.807) is 13.0 Å². The second kappa shape index (κ2) is 5.52. The average Bonchev–Trinajstić information content (AvgIpc) is 2.41. The molecule has 0 spiro atoms. The Balaban J connectivity index is 2.23. The molecule has 0 radical (unpaired) electrons. The normalized spacial score (nSPS) is 10.2. The predicted molar refractivity (Wildman–Crippen MR) is 72.1 cm³/mol. The molecule has 0 saturated heterocycles. The van der Waals surface area contributed by atoms with E-state index in [-0.39, 0.29) is 17.2 Å². The van der Waals surface area contributed by atoms with Crippen molar-refractivity contribution in [2.24, 2.45) is 0 Å². The molecule has 1 aromatic heterocycles. The number of methoxy groups -OCH3 is 1. The second-order valence-corrected chi connectivity index (χ2v) is 4.07. The topological polar surface area (TPSA) is 90.1 Å². The van der Waals surface area contributed by atoms with Gasteiger partial charge in [-0.2, -0.15) is 4.98 Å². The predicted octanol–water partition coefficient (Wildman–Crippen LogP) is 1.77. The van der Waals surface area contributed by atoms with Gasteiger partial charge in [-0.15, -0.1) is 0 Å². The highest BCUT2D eigenvalue weighted by Gasteiger charge is 2.11. The van der Waals surface area contributed by atoms with Gasteiger partial charge in [0.1, 0.15) is 5.82 Å². The van der Waals surface area contributed by atoms with Crippen LogP contribution < -0.4 is 15.8 Å². The van der Waals surface area contributed by atoms with E-state index in [4.69, 9.17) is 10.5 Å². The lowest BCUT2D eigenvalue weighted by Crippen LogP contribution is -2.15. The zero-order valence-electron chi connectivity index (χ0n) is 11.0. The lowest BCUT2D eigenvalue weighted by atomic mass is 10.2. The molecule has 0 saturated carbocycles. The van der Waals surface area contributed by atoms with Crippen LogP contribution in [0.4, 0.5) is 16.0 Å². The van der Waals surface area contributed by atoms with Crippen molar-refractivity contribution >= 4 is 17.5 Å². The van der Waals surface area contributed by atoms with Crippen LogP contribution in [0.2, 0.25) is 0 Å². The number of carbonyl (C=O) groups excluding carboxylic acids is 1. The molecule has 1 amide bonds. The Labute approximate surface area is 114 Å². The SMILES string of the molecule is COc1cc(C)nc(NC(=O)c2ccc(N)c(F)c2)n1. The minimum absolute atomic E-state index is 0.0185. The first-order valence-electron chi connectivity index (χ1n) is 5.75. The minimum atomic E-state index is -0.652. The van der Waals surface area contributed by atoms with Crippen LogP contribution in [0.15, 0.2) is 24.3 Å². The average molecular weight is 276 g/mol. The van der Waals surface area contributed by atoms with Gasteiger partial charge in [0.25, 0.3) is 5.91 Å². The lowest BCUT2D eigenvalue weighted by Gasteiger charge is -2.07.